The van der Waals surface area contributed by atoms with E-state index in [0.29, 0.717) is 24.2 Å². The van der Waals surface area contributed by atoms with Crippen LogP contribution < -0.4 is 0 Å². The highest BCUT2D eigenvalue weighted by Gasteiger charge is 2.37. The van der Waals surface area contributed by atoms with Crippen molar-refractivity contribution in [2.24, 2.45) is 0 Å². The molecule has 1 aliphatic rings. The fourth-order valence-electron chi connectivity index (χ4n) is 3.84. The van der Waals surface area contributed by atoms with Crippen molar-refractivity contribution in [2.75, 3.05) is 6.54 Å². The Morgan fingerprint density at radius 1 is 1.00 bits per heavy atom. The molecule has 7 heteroatoms. The van der Waals surface area contributed by atoms with E-state index in [2.05, 4.69) is 0 Å². The first-order valence-corrected chi connectivity index (χ1v) is 10.6. The second kappa shape index (κ2) is 9.02. The van der Waals surface area contributed by atoms with Gasteiger partial charge in [-0.25, -0.2) is 8.78 Å². The number of nitrogens with zero attached hydrogens (tertiary/aromatic N) is 1. The number of ketones is 1. The van der Waals surface area contributed by atoms with Crippen LogP contribution in [0, 0.1) is 11.6 Å². The van der Waals surface area contributed by atoms with E-state index < -0.39 is 17.4 Å². The summed E-state index contributed by atoms with van der Waals surface area (Å²) in [5.74, 6) is -1.94. The maximum Gasteiger partial charge on any atom is 0.289 e. The van der Waals surface area contributed by atoms with Crippen LogP contribution in [-0.2, 0) is 17.6 Å². The van der Waals surface area contributed by atoms with Crippen LogP contribution in [0.25, 0.3) is 0 Å². The first-order valence-electron chi connectivity index (χ1n) is 10.6. The number of amides is 1. The monoisotopic (exact) mass is 451 g/mol. The lowest BCUT2D eigenvalue weighted by molar-refractivity contribution is -0.129. The van der Waals surface area contributed by atoms with E-state index in [4.69, 9.17) is 4.42 Å². The van der Waals surface area contributed by atoms with Gasteiger partial charge in [0, 0.05) is 24.4 Å². The van der Waals surface area contributed by atoms with Gasteiger partial charge in [0.2, 0.25) is 5.78 Å². The normalized spacial score (nSPS) is 14.0. The molecule has 0 atom stereocenters. The molecule has 170 valence electrons. The molecule has 0 radical (unpaired) electrons. The number of benzene rings is 2. The van der Waals surface area contributed by atoms with E-state index in [-0.39, 0.29) is 35.6 Å². The van der Waals surface area contributed by atoms with Gasteiger partial charge in [-0.15, -0.1) is 0 Å². The maximum absolute atomic E-state index is 13.3. The quantitative estimate of drug-likeness (QED) is 0.514. The highest BCUT2D eigenvalue weighted by Crippen LogP contribution is 2.28. The van der Waals surface area contributed by atoms with Gasteiger partial charge < -0.3 is 14.4 Å². The van der Waals surface area contributed by atoms with Crippen molar-refractivity contribution >= 4 is 11.7 Å². The predicted octanol–water partition coefficient (Wildman–Crippen LogP) is 4.98. The zero-order valence-electron chi connectivity index (χ0n) is 18.3. The molecule has 3 aromatic rings. The van der Waals surface area contributed by atoms with Crippen LogP contribution in [0.15, 0.2) is 70.3 Å². The topological polar surface area (TPSA) is 70.8 Å². The third kappa shape index (κ3) is 4.72. The molecule has 0 saturated carbocycles. The van der Waals surface area contributed by atoms with E-state index in [0.717, 1.165) is 11.1 Å². The molecule has 2 heterocycles. The van der Waals surface area contributed by atoms with E-state index in [1.54, 1.807) is 44.2 Å². The van der Waals surface area contributed by atoms with Crippen LogP contribution in [0.3, 0.4) is 0 Å². The molecule has 33 heavy (non-hydrogen) atoms. The molecule has 1 amide bonds. The number of Topliss-reactive ketones (excluding diaryl/α,β-unsaturated/α-hetero) is 1. The Bertz CT molecular complexity index is 1220. The lowest BCUT2D eigenvalue weighted by atomic mass is 10.00. The predicted molar refractivity (Wildman–Crippen MR) is 118 cm³/mol. The molecule has 5 nitrogen and oxygen atoms in total. The lowest BCUT2D eigenvalue weighted by Crippen LogP contribution is -2.34. The van der Waals surface area contributed by atoms with Gasteiger partial charge in [-0.05, 0) is 55.3 Å². The number of carbonyl (C=O) groups excluding carboxylic acids is 2. The summed E-state index contributed by atoms with van der Waals surface area (Å²) in [6, 6.07) is 13.4. The average molecular weight is 451 g/mol. The van der Waals surface area contributed by atoms with Crippen LogP contribution in [-0.4, -0.2) is 34.3 Å². The van der Waals surface area contributed by atoms with Gasteiger partial charge in [-0.2, -0.15) is 0 Å². The maximum atomic E-state index is 13.3. The van der Waals surface area contributed by atoms with E-state index in [1.807, 2.05) is 0 Å². The summed E-state index contributed by atoms with van der Waals surface area (Å²) in [4.78, 5) is 27.1. The Morgan fingerprint density at radius 3 is 2.06 bits per heavy atom. The number of carbonyl (C=O) groups is 2. The first kappa shape index (κ1) is 22.5. The molecule has 0 saturated heterocycles. The molecule has 0 spiro atoms. The molecular weight excluding hydrogens is 428 g/mol. The zero-order chi connectivity index (χ0) is 23.7. The Balaban J connectivity index is 1.69. The molecular formula is C26H23F2NO4. The summed E-state index contributed by atoms with van der Waals surface area (Å²) in [5.41, 5.74) is 2.10. The third-order valence-electron chi connectivity index (χ3n) is 5.64. The molecule has 4 rings (SSSR count). The molecule has 1 aliphatic heterocycles. The summed E-state index contributed by atoms with van der Waals surface area (Å²) >= 11 is 0. The fourth-order valence-corrected chi connectivity index (χ4v) is 3.84. The highest BCUT2D eigenvalue weighted by atomic mass is 19.1. The lowest BCUT2D eigenvalue weighted by Gasteiger charge is -2.20. The standard InChI is InChI=1S/C26H23F2NO4/c1-15(2)29-14-22(24(31)26(29)32)23(30)25-18(11-16-3-7-19(27)8-4-16)13-21(33-25)12-17-5-9-20(28)10-6-17/h3-10,13,15,31H,11-12,14H2,1-2H3. The van der Waals surface area contributed by atoms with E-state index >= 15 is 0 Å². The minimum Gasteiger partial charge on any atom is -0.503 e. The minimum absolute atomic E-state index is 0.00878. The van der Waals surface area contributed by atoms with Crippen molar-refractivity contribution in [1.82, 2.24) is 4.90 Å². The highest BCUT2D eigenvalue weighted by molar-refractivity contribution is 6.14. The minimum atomic E-state index is -0.591. The van der Waals surface area contributed by atoms with Gasteiger partial charge in [0.15, 0.2) is 11.5 Å². The number of furan rings is 1. The summed E-state index contributed by atoms with van der Waals surface area (Å²) in [7, 11) is 0. The Hall–Kier alpha value is -3.74. The molecule has 1 aromatic heterocycles. The van der Waals surface area contributed by atoms with Crippen molar-refractivity contribution in [3.63, 3.8) is 0 Å². The summed E-state index contributed by atoms with van der Waals surface area (Å²) < 4.78 is 32.5. The van der Waals surface area contributed by atoms with Crippen molar-refractivity contribution in [2.45, 2.75) is 32.7 Å². The fraction of sp³-hybridized carbons (Fsp3) is 0.231. The van der Waals surface area contributed by atoms with Crippen LogP contribution in [0.1, 0.15) is 46.9 Å². The van der Waals surface area contributed by atoms with Crippen LogP contribution in [0.5, 0.6) is 0 Å². The van der Waals surface area contributed by atoms with Gasteiger partial charge in [-0.1, -0.05) is 24.3 Å². The van der Waals surface area contributed by atoms with E-state index in [1.165, 1.54) is 29.2 Å². The second-order valence-corrected chi connectivity index (χ2v) is 8.36. The van der Waals surface area contributed by atoms with Crippen molar-refractivity contribution < 1.29 is 27.9 Å². The molecule has 1 N–H and O–H groups in total. The SMILES string of the molecule is CC(C)N1CC(C(=O)c2oc(Cc3ccc(F)cc3)cc2Cc2ccc(F)cc2)=C(O)C1=O. The number of hydrogen-bond donors (Lipinski definition) is 1. The number of halogens is 2. The summed E-state index contributed by atoms with van der Waals surface area (Å²) in [6.07, 6.45) is 0.621. The Kier molecular flexibility index (Phi) is 6.14. The molecule has 2 aromatic carbocycles. The second-order valence-electron chi connectivity index (χ2n) is 8.36. The largest absolute Gasteiger partial charge is 0.503 e. The van der Waals surface area contributed by atoms with Gasteiger partial charge in [0.05, 0.1) is 12.1 Å². The average Bonchev–Trinajstić information content (AvgIpc) is 3.31. The summed E-state index contributed by atoms with van der Waals surface area (Å²) in [6.45, 7) is 3.59. The number of hydrogen-bond acceptors (Lipinski definition) is 4. The van der Waals surface area contributed by atoms with E-state index in [9.17, 15) is 23.5 Å². The smallest absolute Gasteiger partial charge is 0.289 e. The molecule has 0 bridgehead atoms. The van der Waals surface area contributed by atoms with Gasteiger partial charge in [0.1, 0.15) is 17.4 Å². The van der Waals surface area contributed by atoms with Crippen molar-refractivity contribution in [3.8, 4) is 0 Å². The first-order chi connectivity index (χ1) is 15.7. The molecule has 0 unspecified atom stereocenters. The summed E-state index contributed by atoms with van der Waals surface area (Å²) in [5, 5.41) is 10.3. The zero-order valence-corrected chi connectivity index (χ0v) is 18.3. The molecule has 0 fully saturated rings. The number of aliphatic hydroxyl groups is 1. The number of rotatable bonds is 7. The Labute approximate surface area is 190 Å². The van der Waals surface area contributed by atoms with Gasteiger partial charge in [-0.3, -0.25) is 9.59 Å². The van der Waals surface area contributed by atoms with Crippen molar-refractivity contribution in [3.05, 3.63) is 106 Å². The number of aliphatic hydroxyl groups excluding tert-OH is 1. The van der Waals surface area contributed by atoms with Gasteiger partial charge >= 0.3 is 0 Å². The third-order valence-corrected chi connectivity index (χ3v) is 5.64. The Morgan fingerprint density at radius 2 is 1.55 bits per heavy atom. The van der Waals surface area contributed by atoms with Gasteiger partial charge in [0.25, 0.3) is 5.91 Å². The van der Waals surface area contributed by atoms with Crippen molar-refractivity contribution in [1.29, 1.82) is 0 Å². The van der Waals surface area contributed by atoms with Crippen LogP contribution in [0.2, 0.25) is 0 Å². The molecule has 0 aliphatic carbocycles. The van der Waals surface area contributed by atoms with Crippen LogP contribution >= 0.6 is 0 Å². The van der Waals surface area contributed by atoms with Crippen LogP contribution in [0.4, 0.5) is 8.78 Å².